The quantitative estimate of drug-likeness (QED) is 0.673. The van der Waals surface area contributed by atoms with Gasteiger partial charge in [-0.25, -0.2) is 4.98 Å². The highest BCUT2D eigenvalue weighted by molar-refractivity contribution is 7.09. The number of amides is 1. The number of carbonyl (C=O) groups is 1. The van der Waals surface area contributed by atoms with Crippen molar-refractivity contribution < 1.29 is 4.79 Å². The van der Waals surface area contributed by atoms with Gasteiger partial charge in [0.2, 0.25) is 0 Å². The van der Waals surface area contributed by atoms with E-state index in [0.29, 0.717) is 25.1 Å². The van der Waals surface area contributed by atoms with Crippen LogP contribution in [0.3, 0.4) is 0 Å². The molecular weight excluding hydrogens is 344 g/mol. The average Bonchev–Trinajstić information content (AvgIpc) is 3.13. The van der Waals surface area contributed by atoms with Crippen LogP contribution in [0.25, 0.3) is 0 Å². The highest BCUT2D eigenvalue weighted by Gasteiger charge is 2.19. The summed E-state index contributed by atoms with van der Waals surface area (Å²) in [5.74, 6) is -0.188. The van der Waals surface area contributed by atoms with Gasteiger partial charge >= 0.3 is 0 Å². The molecule has 5 nitrogen and oxygen atoms in total. The van der Waals surface area contributed by atoms with Gasteiger partial charge in [-0.3, -0.25) is 9.78 Å². The molecule has 6 heteroatoms. The van der Waals surface area contributed by atoms with Gasteiger partial charge in [0.25, 0.3) is 5.91 Å². The van der Waals surface area contributed by atoms with Crippen molar-refractivity contribution in [3.8, 4) is 0 Å². The number of benzene rings is 1. The zero-order valence-electron chi connectivity index (χ0n) is 14.7. The second-order valence-electron chi connectivity index (χ2n) is 6.14. The van der Waals surface area contributed by atoms with Gasteiger partial charge < -0.3 is 11.1 Å². The van der Waals surface area contributed by atoms with Crippen LogP contribution < -0.4 is 11.1 Å². The van der Waals surface area contributed by atoms with Crippen molar-refractivity contribution in [1.82, 2.24) is 15.3 Å². The first-order valence-electron chi connectivity index (χ1n) is 8.57. The van der Waals surface area contributed by atoms with Crippen LogP contribution in [0.15, 0.2) is 54.0 Å². The number of pyridine rings is 1. The zero-order chi connectivity index (χ0) is 18.4. The lowest BCUT2D eigenvalue weighted by Crippen LogP contribution is -2.30. The molecule has 3 rings (SSSR count). The van der Waals surface area contributed by atoms with Gasteiger partial charge in [-0.2, -0.15) is 0 Å². The van der Waals surface area contributed by atoms with E-state index >= 15 is 0 Å². The van der Waals surface area contributed by atoms with Crippen LogP contribution in [-0.4, -0.2) is 22.4 Å². The molecule has 26 heavy (non-hydrogen) atoms. The number of nitrogens with one attached hydrogen (secondary N) is 1. The first-order valence-corrected chi connectivity index (χ1v) is 9.45. The Morgan fingerprint density at radius 1 is 1.23 bits per heavy atom. The van der Waals surface area contributed by atoms with Crippen molar-refractivity contribution in [3.63, 3.8) is 0 Å². The first-order chi connectivity index (χ1) is 12.7. The lowest BCUT2D eigenvalue weighted by molar-refractivity contribution is 0.0931. The van der Waals surface area contributed by atoms with Crippen LogP contribution in [0, 0.1) is 6.92 Å². The molecule has 0 bridgehead atoms. The minimum atomic E-state index is -0.217. The van der Waals surface area contributed by atoms with Crippen molar-refractivity contribution in [1.29, 1.82) is 0 Å². The number of nitrogens with zero attached hydrogens (tertiary/aromatic N) is 2. The van der Waals surface area contributed by atoms with E-state index in [4.69, 9.17) is 5.73 Å². The SMILES string of the molecule is Cc1ccc(CC(NC(=O)c2csc(CCN)n2)c2ccccn2)cc1. The highest BCUT2D eigenvalue weighted by Crippen LogP contribution is 2.18. The van der Waals surface area contributed by atoms with E-state index in [-0.39, 0.29) is 11.9 Å². The molecule has 1 amide bonds. The van der Waals surface area contributed by atoms with Gasteiger partial charge in [-0.05, 0) is 37.6 Å². The van der Waals surface area contributed by atoms with Crippen molar-refractivity contribution in [3.05, 3.63) is 81.6 Å². The number of hydrogen-bond donors (Lipinski definition) is 2. The Bertz CT molecular complexity index is 846. The normalized spacial score (nSPS) is 11.9. The fourth-order valence-corrected chi connectivity index (χ4v) is 3.45. The highest BCUT2D eigenvalue weighted by atomic mass is 32.1. The molecule has 2 heterocycles. The standard InChI is InChI=1S/C20H22N4OS/c1-14-5-7-15(8-6-14)12-17(16-4-2-3-11-22-16)24-20(25)18-13-26-19(23-18)9-10-21/h2-8,11,13,17H,9-10,12,21H2,1H3,(H,24,25). The van der Waals surface area contributed by atoms with Crippen LogP contribution in [0.2, 0.25) is 0 Å². The fraction of sp³-hybridized carbons (Fsp3) is 0.250. The molecule has 0 aliphatic heterocycles. The molecule has 3 aromatic rings. The molecule has 0 spiro atoms. The predicted octanol–water partition coefficient (Wildman–Crippen LogP) is 3.06. The van der Waals surface area contributed by atoms with Gasteiger partial charge in [-0.1, -0.05) is 35.9 Å². The molecule has 0 saturated carbocycles. The van der Waals surface area contributed by atoms with Crippen LogP contribution in [0.5, 0.6) is 0 Å². The molecular formula is C20H22N4OS. The summed E-state index contributed by atoms with van der Waals surface area (Å²) in [6, 6.07) is 13.8. The van der Waals surface area contributed by atoms with E-state index in [2.05, 4.69) is 46.5 Å². The number of rotatable bonds is 7. The van der Waals surface area contributed by atoms with E-state index < -0.39 is 0 Å². The van der Waals surface area contributed by atoms with Gasteiger partial charge in [-0.15, -0.1) is 11.3 Å². The Morgan fingerprint density at radius 2 is 2.04 bits per heavy atom. The predicted molar refractivity (Wildman–Crippen MR) is 104 cm³/mol. The van der Waals surface area contributed by atoms with Crippen LogP contribution in [0.4, 0.5) is 0 Å². The molecule has 2 aromatic heterocycles. The monoisotopic (exact) mass is 366 g/mol. The Morgan fingerprint density at radius 3 is 2.73 bits per heavy atom. The Balaban J connectivity index is 1.78. The van der Waals surface area contributed by atoms with Crippen molar-refractivity contribution in [2.45, 2.75) is 25.8 Å². The molecule has 1 unspecified atom stereocenters. The summed E-state index contributed by atoms with van der Waals surface area (Å²) in [4.78, 5) is 21.5. The first kappa shape index (κ1) is 18.2. The second kappa shape index (κ2) is 8.69. The zero-order valence-corrected chi connectivity index (χ0v) is 15.5. The number of nitrogens with two attached hydrogens (primary N) is 1. The molecule has 0 saturated heterocycles. The number of carbonyl (C=O) groups excluding carboxylic acids is 1. The molecule has 0 aliphatic rings. The van der Waals surface area contributed by atoms with Crippen molar-refractivity contribution >= 4 is 17.2 Å². The molecule has 0 fully saturated rings. The molecule has 134 valence electrons. The third kappa shape index (κ3) is 4.74. The number of aromatic nitrogens is 2. The minimum Gasteiger partial charge on any atom is -0.342 e. The third-order valence-corrected chi connectivity index (χ3v) is 4.96. The van der Waals surface area contributed by atoms with Crippen LogP contribution in [0.1, 0.15) is 38.4 Å². The van der Waals surface area contributed by atoms with E-state index in [0.717, 1.165) is 16.3 Å². The average molecular weight is 366 g/mol. The van der Waals surface area contributed by atoms with Gasteiger partial charge in [0.15, 0.2) is 0 Å². The summed E-state index contributed by atoms with van der Waals surface area (Å²) in [5.41, 5.74) is 9.18. The molecule has 0 radical (unpaired) electrons. The van der Waals surface area contributed by atoms with Gasteiger partial charge in [0, 0.05) is 18.0 Å². The van der Waals surface area contributed by atoms with Crippen LogP contribution >= 0.6 is 11.3 Å². The van der Waals surface area contributed by atoms with Gasteiger partial charge in [0.1, 0.15) is 5.69 Å². The summed E-state index contributed by atoms with van der Waals surface area (Å²) in [6.45, 7) is 2.58. The molecule has 0 aliphatic carbocycles. The van der Waals surface area contributed by atoms with Crippen molar-refractivity contribution in [2.75, 3.05) is 6.54 Å². The molecule has 1 atom stereocenters. The fourth-order valence-electron chi connectivity index (χ4n) is 2.66. The van der Waals surface area contributed by atoms with E-state index in [1.165, 1.54) is 16.9 Å². The maximum Gasteiger partial charge on any atom is 0.271 e. The number of thiazole rings is 1. The Kier molecular flexibility index (Phi) is 6.09. The Labute approximate surface area is 157 Å². The smallest absolute Gasteiger partial charge is 0.271 e. The maximum atomic E-state index is 12.7. The second-order valence-corrected chi connectivity index (χ2v) is 7.08. The van der Waals surface area contributed by atoms with Gasteiger partial charge in [0.05, 0.1) is 16.7 Å². The van der Waals surface area contributed by atoms with Crippen molar-refractivity contribution in [2.24, 2.45) is 5.73 Å². The van der Waals surface area contributed by atoms with E-state index in [1.807, 2.05) is 18.2 Å². The summed E-state index contributed by atoms with van der Waals surface area (Å²) in [7, 11) is 0. The third-order valence-electron chi connectivity index (χ3n) is 4.05. The summed E-state index contributed by atoms with van der Waals surface area (Å²) in [6.07, 6.45) is 3.10. The lowest BCUT2D eigenvalue weighted by Gasteiger charge is -2.18. The van der Waals surface area contributed by atoms with E-state index in [1.54, 1.807) is 11.6 Å². The summed E-state index contributed by atoms with van der Waals surface area (Å²) < 4.78 is 0. The topological polar surface area (TPSA) is 80.9 Å². The summed E-state index contributed by atoms with van der Waals surface area (Å²) in [5, 5.41) is 5.74. The lowest BCUT2D eigenvalue weighted by atomic mass is 10.0. The number of aryl methyl sites for hydroxylation is 1. The van der Waals surface area contributed by atoms with E-state index in [9.17, 15) is 4.79 Å². The molecule has 3 N–H and O–H groups in total. The Hall–Kier alpha value is -2.57. The van der Waals surface area contributed by atoms with Crippen LogP contribution in [-0.2, 0) is 12.8 Å². The number of hydrogen-bond acceptors (Lipinski definition) is 5. The summed E-state index contributed by atoms with van der Waals surface area (Å²) >= 11 is 1.46. The maximum absolute atomic E-state index is 12.7. The minimum absolute atomic E-state index is 0.188. The largest absolute Gasteiger partial charge is 0.342 e. The molecule has 1 aromatic carbocycles.